The van der Waals surface area contributed by atoms with Crippen LogP contribution in [-0.4, -0.2) is 15.7 Å². The van der Waals surface area contributed by atoms with E-state index in [0.717, 1.165) is 11.3 Å². The molecule has 0 spiro atoms. The maximum atomic E-state index is 11.5. The number of hydrogen-bond acceptors (Lipinski definition) is 2. The second kappa shape index (κ2) is 5.69. The molecule has 2 rings (SSSR count). The minimum Gasteiger partial charge on any atom is -0.352 e. The van der Waals surface area contributed by atoms with Crippen molar-refractivity contribution < 1.29 is 4.79 Å². The fourth-order valence-electron chi connectivity index (χ4n) is 1.76. The molecule has 0 aliphatic carbocycles. The van der Waals surface area contributed by atoms with E-state index in [1.54, 1.807) is 6.20 Å². The Balaban J connectivity index is 2.05. The molecule has 0 bridgehead atoms. The second-order valence-electron chi connectivity index (χ2n) is 5.00. The first kappa shape index (κ1) is 13.3. The van der Waals surface area contributed by atoms with Crippen LogP contribution in [0.2, 0.25) is 0 Å². The first-order valence-electron chi connectivity index (χ1n) is 6.44. The maximum absolute atomic E-state index is 11.5. The fraction of sp³-hybridized carbons (Fsp3) is 0.333. The number of carbonyl (C=O) groups is 1. The van der Waals surface area contributed by atoms with Crippen molar-refractivity contribution in [3.05, 3.63) is 47.8 Å². The molecule has 0 aliphatic heterocycles. The predicted octanol–water partition coefficient (Wildman–Crippen LogP) is 2.45. The van der Waals surface area contributed by atoms with E-state index >= 15 is 0 Å². The number of carbonyl (C=O) groups excluding carboxylic acids is 1. The first-order valence-corrected chi connectivity index (χ1v) is 6.44. The molecule has 1 heterocycles. The van der Waals surface area contributed by atoms with Crippen molar-refractivity contribution in [3.8, 4) is 5.69 Å². The summed E-state index contributed by atoms with van der Waals surface area (Å²) in [5.41, 5.74) is 3.22. The molecule has 1 aromatic heterocycles. The summed E-state index contributed by atoms with van der Waals surface area (Å²) >= 11 is 0. The van der Waals surface area contributed by atoms with Crippen LogP contribution in [0.25, 0.3) is 5.69 Å². The van der Waals surface area contributed by atoms with Gasteiger partial charge in [-0.25, -0.2) is 4.68 Å². The van der Waals surface area contributed by atoms with Crippen molar-refractivity contribution in [2.24, 2.45) is 5.92 Å². The Morgan fingerprint density at radius 2 is 2.21 bits per heavy atom. The van der Waals surface area contributed by atoms with Crippen LogP contribution in [0.4, 0.5) is 0 Å². The maximum Gasteiger partial charge on any atom is 0.222 e. The molecule has 1 aromatic carbocycles. The SMILES string of the molecule is Cc1cccc(-n2cc(CNC(=O)C(C)C)cn2)c1. The standard InChI is InChI=1S/C15H19N3O/c1-11(2)15(19)16-8-13-9-17-18(10-13)14-6-4-5-12(3)7-14/h4-7,9-11H,8H2,1-3H3,(H,16,19). The van der Waals surface area contributed by atoms with E-state index in [-0.39, 0.29) is 11.8 Å². The van der Waals surface area contributed by atoms with Gasteiger partial charge in [0.25, 0.3) is 0 Å². The Hall–Kier alpha value is -2.10. The van der Waals surface area contributed by atoms with Crippen LogP contribution in [0.1, 0.15) is 25.0 Å². The van der Waals surface area contributed by atoms with Crippen molar-refractivity contribution in [2.45, 2.75) is 27.3 Å². The van der Waals surface area contributed by atoms with Crippen molar-refractivity contribution in [1.82, 2.24) is 15.1 Å². The number of aromatic nitrogens is 2. The van der Waals surface area contributed by atoms with Gasteiger partial charge in [0.15, 0.2) is 0 Å². The van der Waals surface area contributed by atoms with E-state index in [1.165, 1.54) is 5.56 Å². The third-order valence-corrected chi connectivity index (χ3v) is 2.89. The number of benzene rings is 1. The third kappa shape index (κ3) is 3.44. The molecule has 19 heavy (non-hydrogen) atoms. The van der Waals surface area contributed by atoms with Gasteiger partial charge in [-0.2, -0.15) is 5.10 Å². The summed E-state index contributed by atoms with van der Waals surface area (Å²) in [5, 5.41) is 7.20. The number of aryl methyl sites for hydroxylation is 1. The smallest absolute Gasteiger partial charge is 0.222 e. The molecule has 0 fully saturated rings. The van der Waals surface area contributed by atoms with Crippen LogP contribution >= 0.6 is 0 Å². The molecular weight excluding hydrogens is 238 g/mol. The van der Waals surface area contributed by atoms with E-state index in [9.17, 15) is 4.79 Å². The molecule has 0 saturated carbocycles. The number of rotatable bonds is 4. The van der Waals surface area contributed by atoms with E-state index in [2.05, 4.69) is 29.5 Å². The first-order chi connectivity index (χ1) is 9.06. The molecule has 0 atom stereocenters. The quantitative estimate of drug-likeness (QED) is 0.914. The lowest BCUT2D eigenvalue weighted by atomic mass is 10.2. The zero-order chi connectivity index (χ0) is 13.8. The zero-order valence-corrected chi connectivity index (χ0v) is 11.6. The Labute approximate surface area is 113 Å². The van der Waals surface area contributed by atoms with Gasteiger partial charge in [0.05, 0.1) is 11.9 Å². The van der Waals surface area contributed by atoms with Crippen molar-refractivity contribution in [3.63, 3.8) is 0 Å². The van der Waals surface area contributed by atoms with Crippen LogP contribution in [0.3, 0.4) is 0 Å². The molecule has 100 valence electrons. The Morgan fingerprint density at radius 3 is 2.89 bits per heavy atom. The lowest BCUT2D eigenvalue weighted by molar-refractivity contribution is -0.124. The van der Waals surface area contributed by atoms with E-state index in [1.807, 2.05) is 36.9 Å². The van der Waals surface area contributed by atoms with Crippen LogP contribution < -0.4 is 5.32 Å². The second-order valence-corrected chi connectivity index (χ2v) is 5.00. The molecule has 4 nitrogen and oxygen atoms in total. The highest BCUT2D eigenvalue weighted by Crippen LogP contribution is 2.10. The summed E-state index contributed by atoms with van der Waals surface area (Å²) in [7, 11) is 0. The summed E-state index contributed by atoms with van der Waals surface area (Å²) in [6.45, 7) is 6.33. The molecule has 0 aliphatic rings. The van der Waals surface area contributed by atoms with Crippen LogP contribution in [0, 0.1) is 12.8 Å². The van der Waals surface area contributed by atoms with E-state index < -0.39 is 0 Å². The number of amides is 1. The fourth-order valence-corrected chi connectivity index (χ4v) is 1.76. The van der Waals surface area contributed by atoms with Gasteiger partial charge >= 0.3 is 0 Å². The Morgan fingerprint density at radius 1 is 1.42 bits per heavy atom. The van der Waals surface area contributed by atoms with Crippen LogP contribution in [0.15, 0.2) is 36.7 Å². The third-order valence-electron chi connectivity index (χ3n) is 2.89. The lowest BCUT2D eigenvalue weighted by Gasteiger charge is -2.05. The summed E-state index contributed by atoms with van der Waals surface area (Å²) in [6, 6.07) is 8.14. The summed E-state index contributed by atoms with van der Waals surface area (Å²) in [4.78, 5) is 11.5. The molecule has 0 unspecified atom stereocenters. The van der Waals surface area contributed by atoms with E-state index in [0.29, 0.717) is 6.54 Å². The molecule has 0 saturated heterocycles. The minimum atomic E-state index is 0.00631. The van der Waals surface area contributed by atoms with Gasteiger partial charge in [0.1, 0.15) is 0 Å². The molecular formula is C15H19N3O. The average molecular weight is 257 g/mol. The van der Waals surface area contributed by atoms with Crippen LogP contribution in [0.5, 0.6) is 0 Å². The highest BCUT2D eigenvalue weighted by molar-refractivity contribution is 5.77. The Kier molecular flexibility index (Phi) is 4.00. The summed E-state index contributed by atoms with van der Waals surface area (Å²) < 4.78 is 1.82. The van der Waals surface area contributed by atoms with Crippen molar-refractivity contribution >= 4 is 5.91 Å². The van der Waals surface area contributed by atoms with Gasteiger partial charge in [0.2, 0.25) is 5.91 Å². The predicted molar refractivity (Wildman–Crippen MR) is 75.0 cm³/mol. The average Bonchev–Trinajstić information content (AvgIpc) is 2.84. The molecule has 1 N–H and O–H groups in total. The topological polar surface area (TPSA) is 46.9 Å². The molecule has 0 radical (unpaired) electrons. The van der Waals surface area contributed by atoms with Crippen molar-refractivity contribution in [1.29, 1.82) is 0 Å². The normalized spacial score (nSPS) is 10.7. The highest BCUT2D eigenvalue weighted by Gasteiger charge is 2.07. The van der Waals surface area contributed by atoms with E-state index in [4.69, 9.17) is 0 Å². The number of nitrogens with zero attached hydrogens (tertiary/aromatic N) is 2. The zero-order valence-electron chi connectivity index (χ0n) is 11.6. The van der Waals surface area contributed by atoms with Gasteiger partial charge in [0, 0.05) is 24.2 Å². The van der Waals surface area contributed by atoms with Gasteiger partial charge in [-0.05, 0) is 24.6 Å². The van der Waals surface area contributed by atoms with Gasteiger partial charge in [-0.15, -0.1) is 0 Å². The molecule has 2 aromatic rings. The Bertz CT molecular complexity index is 572. The largest absolute Gasteiger partial charge is 0.352 e. The molecule has 4 heteroatoms. The lowest BCUT2D eigenvalue weighted by Crippen LogP contribution is -2.26. The number of nitrogens with one attached hydrogen (secondary N) is 1. The monoisotopic (exact) mass is 257 g/mol. The van der Waals surface area contributed by atoms with Crippen molar-refractivity contribution in [2.75, 3.05) is 0 Å². The summed E-state index contributed by atoms with van der Waals surface area (Å²) in [6.07, 6.45) is 3.72. The minimum absolute atomic E-state index is 0.00631. The highest BCUT2D eigenvalue weighted by atomic mass is 16.1. The van der Waals surface area contributed by atoms with Gasteiger partial charge < -0.3 is 5.32 Å². The van der Waals surface area contributed by atoms with Gasteiger partial charge in [-0.3, -0.25) is 4.79 Å². The summed E-state index contributed by atoms with van der Waals surface area (Å²) in [5.74, 6) is 0.0649. The number of hydrogen-bond donors (Lipinski definition) is 1. The van der Waals surface area contributed by atoms with Gasteiger partial charge in [-0.1, -0.05) is 26.0 Å². The van der Waals surface area contributed by atoms with Crippen LogP contribution in [-0.2, 0) is 11.3 Å². The molecule has 1 amide bonds.